The van der Waals surface area contributed by atoms with Crippen LogP contribution in [0.3, 0.4) is 0 Å². The molecule has 0 bridgehead atoms. The van der Waals surface area contributed by atoms with Gasteiger partial charge in [-0.1, -0.05) is 43.7 Å². The Kier molecular flexibility index (Phi) is 4.98. The molecule has 0 aromatic heterocycles. The third-order valence-corrected chi connectivity index (χ3v) is 2.43. The van der Waals surface area contributed by atoms with Crippen LogP contribution >= 0.6 is 0 Å². The van der Waals surface area contributed by atoms with Gasteiger partial charge in [-0.2, -0.15) is 0 Å². The summed E-state index contributed by atoms with van der Waals surface area (Å²) < 4.78 is 0. The van der Waals surface area contributed by atoms with Gasteiger partial charge in [0.15, 0.2) is 0 Å². The fraction of sp³-hybridized carbons (Fsp3) is 0.462. The Hall–Kier alpha value is -1.11. The predicted molar refractivity (Wildman–Crippen MR) is 58.9 cm³/mol. The highest BCUT2D eigenvalue weighted by Gasteiger charge is 2.06. The average Bonchev–Trinajstić information content (AvgIpc) is 2.25. The molecule has 0 aliphatic heterocycles. The van der Waals surface area contributed by atoms with Crippen LogP contribution in [0.5, 0.6) is 0 Å². The Morgan fingerprint density at radius 1 is 1.21 bits per heavy atom. The quantitative estimate of drug-likeness (QED) is 0.672. The van der Waals surface area contributed by atoms with Crippen LogP contribution in [0.2, 0.25) is 0 Å². The highest BCUT2D eigenvalue weighted by atomic mass is 16.1. The maximum Gasteiger partial charge on any atom is 0.201 e. The number of aryl methyl sites for hydroxylation is 1. The molecule has 0 aliphatic rings. The Bertz CT molecular complexity index is 253. The second-order valence-corrected chi connectivity index (χ2v) is 3.63. The molecule has 1 rings (SSSR count). The van der Waals surface area contributed by atoms with Gasteiger partial charge in [-0.15, -0.1) is 0 Å². The van der Waals surface area contributed by atoms with Crippen molar-refractivity contribution in [2.45, 2.75) is 32.6 Å². The summed E-state index contributed by atoms with van der Waals surface area (Å²) in [6.07, 6.45) is 6.07. The molecule has 1 aromatic rings. The van der Waals surface area contributed by atoms with Gasteiger partial charge in [-0.05, 0) is 24.8 Å². The Labute approximate surface area is 86.1 Å². The van der Waals surface area contributed by atoms with E-state index in [9.17, 15) is 4.79 Å². The van der Waals surface area contributed by atoms with Gasteiger partial charge in [0.05, 0.1) is 0 Å². The summed E-state index contributed by atoms with van der Waals surface area (Å²) in [5.74, 6) is 0.125. The van der Waals surface area contributed by atoms with Gasteiger partial charge in [-0.25, -0.2) is 0 Å². The molecule has 14 heavy (non-hydrogen) atoms. The van der Waals surface area contributed by atoms with Crippen molar-refractivity contribution in [1.82, 2.24) is 0 Å². The predicted octanol–water partition coefficient (Wildman–Crippen LogP) is 3.15. The number of hydrogen-bond acceptors (Lipinski definition) is 1. The van der Waals surface area contributed by atoms with Crippen molar-refractivity contribution in [1.29, 1.82) is 0 Å². The monoisotopic (exact) mass is 189 g/mol. The molecule has 0 saturated carbocycles. The van der Waals surface area contributed by atoms with E-state index in [0.29, 0.717) is 0 Å². The maximum absolute atomic E-state index is 10.6. The standard InChI is InChI=1S/C13H17O/c1-2-6-13(11-14)10-9-12-7-4-3-5-8-12/h3-5,7-8,13H,2,6,9-10H2,1H3. The molecular formula is C13H17O. The maximum atomic E-state index is 10.6. The van der Waals surface area contributed by atoms with Gasteiger partial charge < -0.3 is 0 Å². The van der Waals surface area contributed by atoms with E-state index < -0.39 is 0 Å². The van der Waals surface area contributed by atoms with E-state index in [2.05, 4.69) is 25.3 Å². The second-order valence-electron chi connectivity index (χ2n) is 3.63. The van der Waals surface area contributed by atoms with E-state index in [1.54, 1.807) is 0 Å². The van der Waals surface area contributed by atoms with Crippen molar-refractivity contribution >= 4 is 6.29 Å². The van der Waals surface area contributed by atoms with E-state index in [0.717, 1.165) is 25.7 Å². The van der Waals surface area contributed by atoms with Gasteiger partial charge in [0, 0.05) is 5.92 Å². The topological polar surface area (TPSA) is 17.1 Å². The molecule has 0 N–H and O–H groups in total. The number of hydrogen-bond donors (Lipinski definition) is 0. The van der Waals surface area contributed by atoms with Gasteiger partial charge in [0.25, 0.3) is 0 Å². The third kappa shape index (κ3) is 3.73. The van der Waals surface area contributed by atoms with E-state index in [4.69, 9.17) is 0 Å². The molecule has 0 heterocycles. The summed E-state index contributed by atoms with van der Waals surface area (Å²) >= 11 is 0. The van der Waals surface area contributed by atoms with Crippen LogP contribution in [0.4, 0.5) is 0 Å². The van der Waals surface area contributed by atoms with Gasteiger partial charge >= 0.3 is 0 Å². The van der Waals surface area contributed by atoms with E-state index in [-0.39, 0.29) is 5.92 Å². The van der Waals surface area contributed by atoms with Crippen molar-refractivity contribution in [2.75, 3.05) is 0 Å². The van der Waals surface area contributed by atoms with Crippen molar-refractivity contribution in [2.24, 2.45) is 5.92 Å². The molecule has 1 aromatic carbocycles. The zero-order valence-electron chi connectivity index (χ0n) is 8.70. The molecule has 1 atom stereocenters. The van der Waals surface area contributed by atoms with Gasteiger partial charge in [0.1, 0.15) is 0 Å². The fourth-order valence-electron chi connectivity index (χ4n) is 1.60. The molecule has 0 aliphatic carbocycles. The van der Waals surface area contributed by atoms with Crippen LogP contribution in [0.15, 0.2) is 30.3 Å². The lowest BCUT2D eigenvalue weighted by atomic mass is 9.97. The number of benzene rings is 1. The van der Waals surface area contributed by atoms with Crippen molar-refractivity contribution in [3.8, 4) is 0 Å². The first-order valence-corrected chi connectivity index (χ1v) is 5.28. The van der Waals surface area contributed by atoms with E-state index >= 15 is 0 Å². The zero-order valence-corrected chi connectivity index (χ0v) is 8.70. The van der Waals surface area contributed by atoms with Crippen LogP contribution < -0.4 is 0 Å². The molecule has 0 fully saturated rings. The Balaban J connectivity index is 2.35. The largest absolute Gasteiger partial charge is 0.291 e. The SMILES string of the molecule is CCCC([C]=O)CCc1ccccc1. The fourth-order valence-corrected chi connectivity index (χ4v) is 1.60. The minimum Gasteiger partial charge on any atom is -0.291 e. The molecule has 1 radical (unpaired) electrons. The normalized spacial score (nSPS) is 12.4. The molecule has 1 unspecified atom stereocenters. The van der Waals surface area contributed by atoms with Crippen molar-refractivity contribution < 1.29 is 4.79 Å². The summed E-state index contributed by atoms with van der Waals surface area (Å²) in [4.78, 5) is 10.6. The molecule has 1 nitrogen and oxygen atoms in total. The summed E-state index contributed by atoms with van der Waals surface area (Å²) in [6.45, 7) is 2.10. The molecule has 1 heteroatoms. The van der Waals surface area contributed by atoms with Crippen LogP contribution in [-0.2, 0) is 11.2 Å². The molecule has 0 spiro atoms. The molecule has 0 amide bonds. The minimum atomic E-state index is 0.125. The lowest BCUT2D eigenvalue weighted by molar-refractivity contribution is 0.487. The first-order chi connectivity index (χ1) is 6.86. The average molecular weight is 189 g/mol. The first kappa shape index (κ1) is 11.0. The Morgan fingerprint density at radius 3 is 2.50 bits per heavy atom. The first-order valence-electron chi connectivity index (χ1n) is 5.28. The van der Waals surface area contributed by atoms with Crippen molar-refractivity contribution in [3.05, 3.63) is 35.9 Å². The second kappa shape index (κ2) is 6.36. The van der Waals surface area contributed by atoms with Gasteiger partial charge in [-0.3, -0.25) is 4.79 Å². The summed E-state index contributed by atoms with van der Waals surface area (Å²) in [6, 6.07) is 10.3. The van der Waals surface area contributed by atoms with Crippen LogP contribution in [0.25, 0.3) is 0 Å². The minimum absolute atomic E-state index is 0.125. The molecule has 0 saturated heterocycles. The zero-order chi connectivity index (χ0) is 10.2. The molecule has 75 valence electrons. The Morgan fingerprint density at radius 2 is 1.93 bits per heavy atom. The lowest BCUT2D eigenvalue weighted by Crippen LogP contribution is -2.03. The third-order valence-electron chi connectivity index (χ3n) is 2.43. The molecular weight excluding hydrogens is 172 g/mol. The lowest BCUT2D eigenvalue weighted by Gasteiger charge is -2.07. The number of carbonyl (C=O) groups excluding carboxylic acids is 1. The summed E-state index contributed by atoms with van der Waals surface area (Å²) in [7, 11) is 0. The summed E-state index contributed by atoms with van der Waals surface area (Å²) in [5, 5.41) is 0. The van der Waals surface area contributed by atoms with Crippen LogP contribution in [-0.4, -0.2) is 6.29 Å². The van der Waals surface area contributed by atoms with Gasteiger partial charge in [0.2, 0.25) is 6.29 Å². The summed E-state index contributed by atoms with van der Waals surface area (Å²) in [5.41, 5.74) is 1.31. The van der Waals surface area contributed by atoms with E-state index in [1.165, 1.54) is 5.56 Å². The van der Waals surface area contributed by atoms with Crippen LogP contribution in [0, 0.1) is 5.92 Å². The smallest absolute Gasteiger partial charge is 0.201 e. The highest BCUT2D eigenvalue weighted by molar-refractivity contribution is 5.54. The van der Waals surface area contributed by atoms with Crippen molar-refractivity contribution in [3.63, 3.8) is 0 Å². The van der Waals surface area contributed by atoms with E-state index in [1.807, 2.05) is 18.2 Å². The highest BCUT2D eigenvalue weighted by Crippen LogP contribution is 2.12. The number of rotatable bonds is 6. The van der Waals surface area contributed by atoms with Crippen LogP contribution in [0.1, 0.15) is 31.7 Å².